The smallest absolute Gasteiger partial charge is 0.254 e. The standard InChI is InChI=1S/C11H15IN2OS/c1-13-5-8-2-3-14(6-8)11(15)9-4-10(12)16-7-9/h4,7-8,13H,2-3,5-6H2,1H3. The monoisotopic (exact) mass is 350 g/mol. The quantitative estimate of drug-likeness (QED) is 0.847. The zero-order chi connectivity index (χ0) is 11.5. The Hall–Kier alpha value is -0.140. The molecule has 1 unspecified atom stereocenters. The van der Waals surface area contributed by atoms with Crippen LogP contribution in [0.1, 0.15) is 16.8 Å². The molecule has 5 heteroatoms. The van der Waals surface area contributed by atoms with Crippen molar-refractivity contribution in [3.63, 3.8) is 0 Å². The number of nitrogens with zero attached hydrogens (tertiary/aromatic N) is 1. The molecule has 1 fully saturated rings. The van der Waals surface area contributed by atoms with Gasteiger partial charge in [0.15, 0.2) is 0 Å². The number of nitrogens with one attached hydrogen (secondary N) is 1. The molecule has 3 nitrogen and oxygen atoms in total. The highest BCUT2D eigenvalue weighted by Crippen LogP contribution is 2.22. The predicted octanol–water partition coefficient (Wildman–Crippen LogP) is 2.03. The summed E-state index contributed by atoms with van der Waals surface area (Å²) in [6.45, 7) is 2.80. The molecule has 0 radical (unpaired) electrons. The summed E-state index contributed by atoms with van der Waals surface area (Å²) in [5.74, 6) is 0.810. The van der Waals surface area contributed by atoms with Crippen LogP contribution >= 0.6 is 33.9 Å². The van der Waals surface area contributed by atoms with Crippen LogP contribution in [0.4, 0.5) is 0 Å². The van der Waals surface area contributed by atoms with Gasteiger partial charge in [0.1, 0.15) is 0 Å². The van der Waals surface area contributed by atoms with E-state index in [1.165, 1.54) is 2.88 Å². The maximum Gasteiger partial charge on any atom is 0.254 e. The molecule has 2 rings (SSSR count). The van der Waals surface area contributed by atoms with Gasteiger partial charge in [-0.3, -0.25) is 4.79 Å². The van der Waals surface area contributed by atoms with E-state index in [1.807, 2.05) is 23.4 Å². The Morgan fingerprint density at radius 3 is 3.19 bits per heavy atom. The first-order chi connectivity index (χ1) is 7.70. The zero-order valence-electron chi connectivity index (χ0n) is 9.20. The van der Waals surface area contributed by atoms with Gasteiger partial charge in [0, 0.05) is 18.5 Å². The van der Waals surface area contributed by atoms with E-state index in [4.69, 9.17) is 0 Å². The maximum absolute atomic E-state index is 12.1. The van der Waals surface area contributed by atoms with Gasteiger partial charge < -0.3 is 10.2 Å². The zero-order valence-corrected chi connectivity index (χ0v) is 12.2. The van der Waals surface area contributed by atoms with E-state index in [0.717, 1.165) is 31.6 Å². The third-order valence-electron chi connectivity index (χ3n) is 2.88. The Morgan fingerprint density at radius 1 is 1.75 bits per heavy atom. The fourth-order valence-electron chi connectivity index (χ4n) is 2.08. The summed E-state index contributed by atoms with van der Waals surface area (Å²) in [5, 5.41) is 5.13. The summed E-state index contributed by atoms with van der Waals surface area (Å²) in [7, 11) is 1.96. The third kappa shape index (κ3) is 2.75. The number of carbonyl (C=O) groups is 1. The lowest BCUT2D eigenvalue weighted by Crippen LogP contribution is -2.30. The minimum Gasteiger partial charge on any atom is -0.338 e. The van der Waals surface area contributed by atoms with Crippen LogP contribution in [-0.4, -0.2) is 37.5 Å². The molecular formula is C11H15IN2OS. The number of halogens is 1. The Labute approximate surface area is 113 Å². The molecule has 1 amide bonds. The number of amides is 1. The maximum atomic E-state index is 12.1. The number of hydrogen-bond acceptors (Lipinski definition) is 3. The fraction of sp³-hybridized carbons (Fsp3) is 0.545. The number of likely N-dealkylation sites (tertiary alicyclic amines) is 1. The first-order valence-electron chi connectivity index (χ1n) is 5.38. The largest absolute Gasteiger partial charge is 0.338 e. The van der Waals surface area contributed by atoms with Crippen LogP contribution in [0.25, 0.3) is 0 Å². The molecule has 0 spiro atoms. The lowest BCUT2D eigenvalue weighted by molar-refractivity contribution is 0.0787. The van der Waals surface area contributed by atoms with Gasteiger partial charge in [-0.05, 0) is 54.6 Å². The van der Waals surface area contributed by atoms with Crippen molar-refractivity contribution in [1.82, 2.24) is 10.2 Å². The van der Waals surface area contributed by atoms with Crippen LogP contribution < -0.4 is 5.32 Å². The van der Waals surface area contributed by atoms with Gasteiger partial charge >= 0.3 is 0 Å². The van der Waals surface area contributed by atoms with Gasteiger partial charge in [-0.15, -0.1) is 11.3 Å². The second-order valence-electron chi connectivity index (χ2n) is 4.10. The molecule has 1 atom stereocenters. The second-order valence-corrected chi connectivity index (χ2v) is 6.91. The third-order valence-corrected chi connectivity index (χ3v) is 4.67. The van der Waals surface area contributed by atoms with E-state index in [-0.39, 0.29) is 5.91 Å². The van der Waals surface area contributed by atoms with Gasteiger partial charge in [-0.1, -0.05) is 0 Å². The lowest BCUT2D eigenvalue weighted by atomic mass is 10.1. The normalized spacial score (nSPS) is 20.4. The van der Waals surface area contributed by atoms with Gasteiger partial charge in [-0.2, -0.15) is 0 Å². The summed E-state index contributed by atoms with van der Waals surface area (Å²) in [5.41, 5.74) is 0.847. The van der Waals surface area contributed by atoms with Crippen molar-refractivity contribution in [2.75, 3.05) is 26.7 Å². The van der Waals surface area contributed by atoms with Gasteiger partial charge in [0.25, 0.3) is 5.91 Å². The Morgan fingerprint density at radius 2 is 2.56 bits per heavy atom. The van der Waals surface area contributed by atoms with Gasteiger partial charge in [0.2, 0.25) is 0 Å². The molecule has 1 aromatic rings. The molecule has 0 aliphatic carbocycles. The van der Waals surface area contributed by atoms with Crippen molar-refractivity contribution in [3.05, 3.63) is 19.9 Å². The molecular weight excluding hydrogens is 335 g/mol. The van der Waals surface area contributed by atoms with E-state index >= 15 is 0 Å². The molecule has 1 aromatic heterocycles. The summed E-state index contributed by atoms with van der Waals surface area (Å²) in [6, 6.07) is 1.97. The molecule has 1 aliphatic heterocycles. The van der Waals surface area contributed by atoms with E-state index in [0.29, 0.717) is 5.92 Å². The number of hydrogen-bond donors (Lipinski definition) is 1. The highest BCUT2D eigenvalue weighted by molar-refractivity contribution is 14.1. The van der Waals surface area contributed by atoms with Crippen molar-refractivity contribution in [1.29, 1.82) is 0 Å². The number of carbonyl (C=O) groups excluding carboxylic acids is 1. The molecule has 0 bridgehead atoms. The summed E-state index contributed by atoms with van der Waals surface area (Å²) < 4.78 is 1.17. The fourth-order valence-corrected chi connectivity index (χ4v) is 3.40. The van der Waals surface area contributed by atoms with Crippen LogP contribution in [0.3, 0.4) is 0 Å². The van der Waals surface area contributed by atoms with Crippen molar-refractivity contribution < 1.29 is 4.79 Å². The summed E-state index contributed by atoms with van der Waals surface area (Å²) >= 11 is 3.88. The molecule has 88 valence electrons. The number of rotatable bonds is 3. The highest BCUT2D eigenvalue weighted by atomic mass is 127. The van der Waals surface area contributed by atoms with Crippen LogP contribution in [0, 0.1) is 8.80 Å². The predicted molar refractivity (Wildman–Crippen MR) is 75.0 cm³/mol. The first kappa shape index (κ1) is 12.3. The van der Waals surface area contributed by atoms with Crippen LogP contribution in [0.2, 0.25) is 0 Å². The topological polar surface area (TPSA) is 32.3 Å². The second kappa shape index (κ2) is 5.46. The van der Waals surface area contributed by atoms with Crippen molar-refractivity contribution in [3.8, 4) is 0 Å². The van der Waals surface area contributed by atoms with Crippen molar-refractivity contribution >= 4 is 39.8 Å². The Balaban J connectivity index is 1.97. The number of thiophene rings is 1. The Kier molecular flexibility index (Phi) is 4.21. The summed E-state index contributed by atoms with van der Waals surface area (Å²) in [4.78, 5) is 14.1. The van der Waals surface area contributed by atoms with E-state index < -0.39 is 0 Å². The molecule has 1 N–H and O–H groups in total. The van der Waals surface area contributed by atoms with E-state index in [2.05, 4.69) is 27.9 Å². The van der Waals surface area contributed by atoms with Crippen molar-refractivity contribution in [2.24, 2.45) is 5.92 Å². The molecule has 2 heterocycles. The average molecular weight is 350 g/mol. The van der Waals surface area contributed by atoms with Crippen LogP contribution in [-0.2, 0) is 0 Å². The van der Waals surface area contributed by atoms with E-state index in [9.17, 15) is 4.79 Å². The molecule has 0 aromatic carbocycles. The van der Waals surface area contributed by atoms with Crippen LogP contribution in [0.15, 0.2) is 11.4 Å². The SMILES string of the molecule is CNCC1CCN(C(=O)c2csc(I)c2)C1. The molecule has 0 saturated carbocycles. The van der Waals surface area contributed by atoms with E-state index in [1.54, 1.807) is 11.3 Å². The van der Waals surface area contributed by atoms with Crippen molar-refractivity contribution in [2.45, 2.75) is 6.42 Å². The van der Waals surface area contributed by atoms with Gasteiger partial charge in [0.05, 0.1) is 8.45 Å². The molecule has 16 heavy (non-hydrogen) atoms. The summed E-state index contributed by atoms with van der Waals surface area (Å²) in [6.07, 6.45) is 1.12. The average Bonchev–Trinajstić information content (AvgIpc) is 2.87. The molecule has 1 aliphatic rings. The Bertz CT molecular complexity index is 380. The van der Waals surface area contributed by atoms with Crippen LogP contribution in [0.5, 0.6) is 0 Å². The minimum atomic E-state index is 0.192. The molecule has 1 saturated heterocycles. The van der Waals surface area contributed by atoms with Gasteiger partial charge in [-0.25, -0.2) is 0 Å². The minimum absolute atomic E-state index is 0.192. The lowest BCUT2D eigenvalue weighted by Gasteiger charge is -2.15. The highest BCUT2D eigenvalue weighted by Gasteiger charge is 2.26. The first-order valence-corrected chi connectivity index (χ1v) is 7.34.